The molecule has 0 radical (unpaired) electrons. The fourth-order valence-electron chi connectivity index (χ4n) is 4.61. The zero-order valence-corrected chi connectivity index (χ0v) is 18.7. The molecular formula is C26H23NO4S. The van der Waals surface area contributed by atoms with Crippen LogP contribution in [0.4, 0.5) is 0 Å². The maximum absolute atomic E-state index is 13.3. The van der Waals surface area contributed by atoms with E-state index < -0.39 is 15.3 Å². The van der Waals surface area contributed by atoms with Gasteiger partial charge in [-0.25, -0.2) is 8.42 Å². The lowest BCUT2D eigenvalue weighted by atomic mass is 9.71. The number of nitrogens with one attached hydrogen (secondary N) is 1. The van der Waals surface area contributed by atoms with Gasteiger partial charge in [0.25, 0.3) is 0 Å². The van der Waals surface area contributed by atoms with E-state index in [9.17, 15) is 18.3 Å². The minimum Gasteiger partial charge on any atom is -0.508 e. The molecule has 0 fully saturated rings. The van der Waals surface area contributed by atoms with Crippen molar-refractivity contribution in [3.05, 3.63) is 94.7 Å². The van der Waals surface area contributed by atoms with Crippen LogP contribution in [0.5, 0.6) is 5.75 Å². The van der Waals surface area contributed by atoms with E-state index in [-0.39, 0.29) is 22.2 Å². The topological polar surface area (TPSA) is 87.2 Å². The second kappa shape index (κ2) is 7.07. The number of carbonyl (C=O) groups excluding carboxylic acids is 1. The van der Waals surface area contributed by atoms with Gasteiger partial charge in [-0.2, -0.15) is 0 Å². The van der Waals surface area contributed by atoms with E-state index in [1.165, 1.54) is 6.07 Å². The molecule has 0 saturated heterocycles. The van der Waals surface area contributed by atoms with Crippen molar-refractivity contribution in [1.82, 2.24) is 4.98 Å². The number of aryl methyl sites for hydroxylation is 1. The summed E-state index contributed by atoms with van der Waals surface area (Å²) in [6, 6.07) is 19.3. The summed E-state index contributed by atoms with van der Waals surface area (Å²) in [4.78, 5) is 16.9. The third kappa shape index (κ3) is 3.14. The minimum atomic E-state index is -3.49. The number of hydrogen-bond donors (Lipinski definition) is 2. The average Bonchev–Trinajstić information content (AvgIpc) is 3.17. The molecule has 6 heteroatoms. The molecule has 0 unspecified atom stereocenters. The minimum absolute atomic E-state index is 0.0120. The Hall–Kier alpha value is -3.38. The van der Waals surface area contributed by atoms with Gasteiger partial charge in [-0.05, 0) is 47.9 Å². The van der Waals surface area contributed by atoms with Crippen LogP contribution in [-0.2, 0) is 21.7 Å². The highest BCUT2D eigenvalue weighted by Gasteiger charge is 2.39. The van der Waals surface area contributed by atoms with Crippen LogP contribution < -0.4 is 0 Å². The Morgan fingerprint density at radius 3 is 2.47 bits per heavy atom. The van der Waals surface area contributed by atoms with Gasteiger partial charge in [0.05, 0.1) is 16.2 Å². The standard InChI is InChI=1S/C26H23NO4S/c1-26(2)21-14-17(28)8-10-19(21)24(29)23-20-11-9-18(15-22(20)27-25(23)26)32(30,31)13-12-16-6-4-3-5-7-16/h3-11,14-15,27-28H,12-13H2,1-2H3. The van der Waals surface area contributed by atoms with Gasteiger partial charge >= 0.3 is 0 Å². The maximum atomic E-state index is 13.3. The fourth-order valence-corrected chi connectivity index (χ4v) is 5.92. The van der Waals surface area contributed by atoms with Gasteiger partial charge in [-0.1, -0.05) is 50.2 Å². The second-order valence-corrected chi connectivity index (χ2v) is 10.9. The molecule has 1 heterocycles. The first-order valence-electron chi connectivity index (χ1n) is 10.5. The van der Waals surface area contributed by atoms with E-state index in [0.29, 0.717) is 28.5 Å². The highest BCUT2D eigenvalue weighted by atomic mass is 32.2. The highest BCUT2D eigenvalue weighted by molar-refractivity contribution is 7.91. The van der Waals surface area contributed by atoms with Crippen LogP contribution in [0.3, 0.4) is 0 Å². The van der Waals surface area contributed by atoms with Crippen molar-refractivity contribution in [2.45, 2.75) is 30.6 Å². The summed E-state index contributed by atoms with van der Waals surface area (Å²) in [6.45, 7) is 3.98. The Bertz CT molecular complexity index is 1480. The number of ketones is 1. The number of aromatic amines is 1. The first kappa shape index (κ1) is 20.5. The van der Waals surface area contributed by atoms with Crippen LogP contribution >= 0.6 is 0 Å². The third-order valence-corrected chi connectivity index (χ3v) is 8.12. The first-order valence-corrected chi connectivity index (χ1v) is 12.1. The zero-order chi connectivity index (χ0) is 22.7. The Balaban J connectivity index is 1.57. The molecule has 5 rings (SSSR count). The summed E-state index contributed by atoms with van der Waals surface area (Å²) in [6.07, 6.45) is 0.437. The number of H-pyrrole nitrogens is 1. The molecule has 4 aromatic rings. The van der Waals surface area contributed by atoms with E-state index in [1.807, 2.05) is 44.2 Å². The van der Waals surface area contributed by atoms with E-state index in [1.54, 1.807) is 30.3 Å². The average molecular weight is 446 g/mol. The Morgan fingerprint density at radius 2 is 1.72 bits per heavy atom. The van der Waals surface area contributed by atoms with Crippen molar-refractivity contribution in [2.24, 2.45) is 0 Å². The number of hydrogen-bond acceptors (Lipinski definition) is 4. The number of phenolic OH excluding ortho intramolecular Hbond substituents is 1. The lowest BCUT2D eigenvalue weighted by Gasteiger charge is -2.32. The predicted octanol–water partition coefficient (Wildman–Crippen LogP) is 4.76. The van der Waals surface area contributed by atoms with Crippen LogP contribution in [-0.4, -0.2) is 30.0 Å². The smallest absolute Gasteiger partial charge is 0.195 e. The molecule has 1 aliphatic rings. The summed E-state index contributed by atoms with van der Waals surface area (Å²) in [5.74, 6) is -0.00538. The third-order valence-electron chi connectivity index (χ3n) is 6.40. The molecule has 0 saturated carbocycles. The SMILES string of the molecule is CC1(C)c2cc(O)ccc2C(=O)c2c1[nH]c1cc(S(=O)(=O)CCc3ccccc3)ccc21. The number of rotatable bonds is 4. The number of sulfone groups is 1. The van der Waals surface area contributed by atoms with Crippen molar-refractivity contribution in [3.8, 4) is 5.75 Å². The molecule has 162 valence electrons. The predicted molar refractivity (Wildman–Crippen MR) is 124 cm³/mol. The number of benzene rings is 3. The maximum Gasteiger partial charge on any atom is 0.195 e. The van der Waals surface area contributed by atoms with Crippen molar-refractivity contribution < 1.29 is 18.3 Å². The van der Waals surface area contributed by atoms with Gasteiger partial charge in [0.2, 0.25) is 0 Å². The Labute approximate surface area is 186 Å². The molecule has 0 atom stereocenters. The van der Waals surface area contributed by atoms with E-state index >= 15 is 0 Å². The largest absolute Gasteiger partial charge is 0.508 e. The van der Waals surface area contributed by atoms with E-state index in [2.05, 4.69) is 4.98 Å². The normalized spacial score (nSPS) is 14.9. The van der Waals surface area contributed by atoms with Crippen molar-refractivity contribution in [3.63, 3.8) is 0 Å². The second-order valence-electron chi connectivity index (χ2n) is 8.82. The van der Waals surface area contributed by atoms with Gasteiger partial charge < -0.3 is 10.1 Å². The monoisotopic (exact) mass is 445 g/mol. The lowest BCUT2D eigenvalue weighted by molar-refractivity contribution is 0.103. The Kier molecular flexibility index (Phi) is 4.53. The molecular weight excluding hydrogens is 422 g/mol. The fraction of sp³-hybridized carbons (Fsp3) is 0.192. The molecule has 1 aromatic heterocycles. The molecule has 0 aliphatic heterocycles. The van der Waals surface area contributed by atoms with E-state index in [0.717, 1.165) is 16.8 Å². The number of aromatic hydroxyl groups is 1. The molecule has 3 aromatic carbocycles. The summed E-state index contributed by atoms with van der Waals surface area (Å²) < 4.78 is 26.0. The number of carbonyl (C=O) groups is 1. The number of aromatic nitrogens is 1. The molecule has 0 bridgehead atoms. The van der Waals surface area contributed by atoms with Crippen LogP contribution in [0.2, 0.25) is 0 Å². The van der Waals surface area contributed by atoms with Gasteiger partial charge in [-0.15, -0.1) is 0 Å². The molecule has 1 aliphatic carbocycles. The van der Waals surface area contributed by atoms with Gasteiger partial charge in [-0.3, -0.25) is 4.79 Å². The number of phenols is 1. The van der Waals surface area contributed by atoms with Crippen molar-refractivity contribution >= 4 is 26.5 Å². The first-order chi connectivity index (χ1) is 15.2. The summed E-state index contributed by atoms with van der Waals surface area (Å²) in [5, 5.41) is 10.7. The molecule has 2 N–H and O–H groups in total. The molecule has 0 spiro atoms. The summed E-state index contributed by atoms with van der Waals surface area (Å²) in [5.41, 5.74) is 3.64. The molecule has 0 amide bonds. The van der Waals surface area contributed by atoms with Gasteiger partial charge in [0.15, 0.2) is 15.6 Å². The van der Waals surface area contributed by atoms with Gasteiger partial charge in [0.1, 0.15) is 5.75 Å². The lowest BCUT2D eigenvalue weighted by Crippen LogP contribution is -2.30. The highest BCUT2D eigenvalue weighted by Crippen LogP contribution is 2.44. The van der Waals surface area contributed by atoms with Crippen LogP contribution in [0.25, 0.3) is 10.9 Å². The van der Waals surface area contributed by atoms with Crippen LogP contribution in [0.15, 0.2) is 71.6 Å². The summed E-state index contributed by atoms with van der Waals surface area (Å²) >= 11 is 0. The van der Waals surface area contributed by atoms with Crippen LogP contribution in [0.1, 0.15) is 46.6 Å². The zero-order valence-electron chi connectivity index (χ0n) is 17.8. The molecule has 5 nitrogen and oxygen atoms in total. The molecule has 32 heavy (non-hydrogen) atoms. The number of fused-ring (bicyclic) bond motifs is 4. The van der Waals surface area contributed by atoms with Crippen molar-refractivity contribution in [2.75, 3.05) is 5.75 Å². The van der Waals surface area contributed by atoms with Crippen molar-refractivity contribution in [1.29, 1.82) is 0 Å². The Morgan fingerprint density at radius 1 is 0.969 bits per heavy atom. The summed E-state index contributed by atoms with van der Waals surface area (Å²) in [7, 11) is -3.49. The van der Waals surface area contributed by atoms with Crippen LogP contribution in [0, 0.1) is 0 Å². The van der Waals surface area contributed by atoms with E-state index in [4.69, 9.17) is 0 Å². The quantitative estimate of drug-likeness (QED) is 0.474. The van der Waals surface area contributed by atoms with Gasteiger partial charge in [0, 0.05) is 27.6 Å².